The van der Waals surface area contributed by atoms with Gasteiger partial charge in [-0.3, -0.25) is 4.79 Å². The topological polar surface area (TPSA) is 92.3 Å². The van der Waals surface area contributed by atoms with E-state index in [1.54, 1.807) is 25.3 Å². The molecule has 0 aliphatic carbocycles. The van der Waals surface area contributed by atoms with Gasteiger partial charge in [0, 0.05) is 11.4 Å². The summed E-state index contributed by atoms with van der Waals surface area (Å²) in [6.07, 6.45) is 0. The molecule has 0 aliphatic heterocycles. The number of nitrogens with zero attached hydrogens (tertiary/aromatic N) is 1. The van der Waals surface area contributed by atoms with Crippen LogP contribution in [0.15, 0.2) is 65.0 Å². The second kappa shape index (κ2) is 10.6. The number of aryl methyl sites for hydroxylation is 2. The number of amides is 3. The Balaban J connectivity index is 1.36. The summed E-state index contributed by atoms with van der Waals surface area (Å²) in [5, 5.41) is 8.56. The van der Waals surface area contributed by atoms with E-state index < -0.39 is 0 Å². The first kappa shape index (κ1) is 23.6. The van der Waals surface area contributed by atoms with Crippen molar-refractivity contribution in [2.24, 2.45) is 0 Å². The first-order valence-corrected chi connectivity index (χ1v) is 12.3. The van der Waals surface area contributed by atoms with E-state index in [0.717, 1.165) is 31.4 Å². The first-order chi connectivity index (χ1) is 16.4. The number of fused-ring (bicyclic) bond motifs is 1. The third kappa shape index (κ3) is 6.06. The number of anilines is 3. The molecule has 3 aromatic carbocycles. The molecule has 0 aliphatic rings. The van der Waals surface area contributed by atoms with Gasteiger partial charge in [-0.25, -0.2) is 9.78 Å². The summed E-state index contributed by atoms with van der Waals surface area (Å²) in [6.45, 7) is 4.01. The second-order valence-corrected chi connectivity index (χ2v) is 9.91. The van der Waals surface area contributed by atoms with Gasteiger partial charge < -0.3 is 20.7 Å². The van der Waals surface area contributed by atoms with Gasteiger partial charge >= 0.3 is 6.03 Å². The molecule has 0 bridgehead atoms. The minimum atomic E-state index is -0.369. The molecule has 3 N–H and O–H groups in total. The van der Waals surface area contributed by atoms with E-state index in [2.05, 4.69) is 27.0 Å². The number of benzene rings is 3. The molecule has 7 nitrogen and oxygen atoms in total. The molecular formula is C25H24N4O3S2. The summed E-state index contributed by atoms with van der Waals surface area (Å²) < 4.78 is 6.98. The first-order valence-electron chi connectivity index (χ1n) is 10.5. The highest BCUT2D eigenvalue weighted by atomic mass is 32.2. The highest BCUT2D eigenvalue weighted by Gasteiger charge is 2.11. The number of methoxy groups -OCH3 is 1. The molecular weight excluding hydrogens is 468 g/mol. The number of rotatable bonds is 7. The smallest absolute Gasteiger partial charge is 0.323 e. The molecule has 0 atom stereocenters. The van der Waals surface area contributed by atoms with Crippen molar-refractivity contribution in [1.82, 2.24) is 4.98 Å². The van der Waals surface area contributed by atoms with Crippen LogP contribution in [0.3, 0.4) is 0 Å². The van der Waals surface area contributed by atoms with Crippen LogP contribution in [0, 0.1) is 13.8 Å². The van der Waals surface area contributed by atoms with E-state index in [9.17, 15) is 9.59 Å². The van der Waals surface area contributed by atoms with Gasteiger partial charge in [0.15, 0.2) is 4.34 Å². The highest BCUT2D eigenvalue weighted by Crippen LogP contribution is 2.31. The Bertz CT molecular complexity index is 1330. The molecule has 0 radical (unpaired) electrons. The lowest BCUT2D eigenvalue weighted by Crippen LogP contribution is -2.19. The van der Waals surface area contributed by atoms with Crippen LogP contribution in [-0.2, 0) is 4.79 Å². The summed E-state index contributed by atoms with van der Waals surface area (Å²) in [5.41, 5.74) is 5.06. The zero-order valence-electron chi connectivity index (χ0n) is 19.0. The van der Waals surface area contributed by atoms with Crippen molar-refractivity contribution in [3.05, 3.63) is 71.8 Å². The Kier molecular flexibility index (Phi) is 7.34. The number of ether oxygens (including phenoxy) is 1. The molecule has 3 amide bonds. The van der Waals surface area contributed by atoms with Gasteiger partial charge in [0.05, 0.1) is 28.8 Å². The molecule has 1 aromatic heterocycles. The average molecular weight is 493 g/mol. The van der Waals surface area contributed by atoms with Crippen LogP contribution < -0.4 is 20.7 Å². The minimum Gasteiger partial charge on any atom is -0.495 e. The molecule has 0 spiro atoms. The number of thiazole rings is 1. The Morgan fingerprint density at radius 1 is 0.941 bits per heavy atom. The van der Waals surface area contributed by atoms with Gasteiger partial charge in [-0.15, -0.1) is 11.3 Å². The van der Waals surface area contributed by atoms with Crippen LogP contribution in [0.2, 0.25) is 0 Å². The van der Waals surface area contributed by atoms with Crippen LogP contribution in [0.4, 0.5) is 21.9 Å². The van der Waals surface area contributed by atoms with Gasteiger partial charge in [0.2, 0.25) is 5.91 Å². The van der Waals surface area contributed by atoms with Crippen molar-refractivity contribution < 1.29 is 14.3 Å². The summed E-state index contributed by atoms with van der Waals surface area (Å²) >= 11 is 2.87. The van der Waals surface area contributed by atoms with Crippen LogP contribution in [-0.4, -0.2) is 29.8 Å². The fraction of sp³-hybridized carbons (Fsp3) is 0.160. The van der Waals surface area contributed by atoms with Crippen LogP contribution >= 0.6 is 23.1 Å². The van der Waals surface area contributed by atoms with E-state index >= 15 is 0 Å². The van der Waals surface area contributed by atoms with Crippen LogP contribution in [0.1, 0.15) is 11.1 Å². The number of urea groups is 1. The molecule has 0 fully saturated rings. The highest BCUT2D eigenvalue weighted by molar-refractivity contribution is 8.01. The summed E-state index contributed by atoms with van der Waals surface area (Å²) in [6, 6.07) is 18.3. The molecule has 0 saturated carbocycles. The molecule has 34 heavy (non-hydrogen) atoms. The van der Waals surface area contributed by atoms with Gasteiger partial charge in [0.1, 0.15) is 5.75 Å². The van der Waals surface area contributed by atoms with Crippen molar-refractivity contribution >= 4 is 62.3 Å². The Hall–Kier alpha value is -3.56. The monoisotopic (exact) mass is 492 g/mol. The summed E-state index contributed by atoms with van der Waals surface area (Å²) in [7, 11) is 1.55. The van der Waals surface area contributed by atoms with Gasteiger partial charge in [-0.2, -0.15) is 0 Å². The van der Waals surface area contributed by atoms with Gasteiger partial charge in [-0.05, 0) is 67.4 Å². The van der Waals surface area contributed by atoms with E-state index in [0.29, 0.717) is 17.1 Å². The Labute approximate surface area is 205 Å². The Morgan fingerprint density at radius 3 is 2.47 bits per heavy atom. The van der Waals surface area contributed by atoms with Crippen molar-refractivity contribution in [1.29, 1.82) is 0 Å². The molecule has 4 rings (SSSR count). The Morgan fingerprint density at radius 2 is 1.71 bits per heavy atom. The third-order valence-corrected chi connectivity index (χ3v) is 6.98. The number of aromatic nitrogens is 1. The molecule has 0 unspecified atom stereocenters. The number of hydrogen-bond donors (Lipinski definition) is 3. The van der Waals surface area contributed by atoms with E-state index in [-0.39, 0.29) is 17.7 Å². The maximum Gasteiger partial charge on any atom is 0.323 e. The van der Waals surface area contributed by atoms with Crippen LogP contribution in [0.25, 0.3) is 10.2 Å². The van der Waals surface area contributed by atoms with Crippen molar-refractivity contribution in [2.45, 2.75) is 18.2 Å². The van der Waals surface area contributed by atoms with E-state index in [1.807, 2.05) is 50.2 Å². The number of thioether (sulfide) groups is 1. The standard InChI is InChI=1S/C25H24N4O3S2/c1-15-10-16(2)12-18(11-15)26-23(30)14-33-25-29-20-9-8-17(13-22(20)34-25)27-24(31)28-19-6-4-5-7-21(19)32-3/h4-13H,14H2,1-3H3,(H,26,30)(H2,27,28,31). The molecule has 174 valence electrons. The van der Waals surface area contributed by atoms with Crippen molar-refractivity contribution in [3.8, 4) is 5.75 Å². The SMILES string of the molecule is COc1ccccc1NC(=O)Nc1ccc2nc(SCC(=O)Nc3cc(C)cc(C)c3)sc2c1. The van der Waals surface area contributed by atoms with Crippen molar-refractivity contribution in [2.75, 3.05) is 28.8 Å². The number of carbonyl (C=O) groups is 2. The fourth-order valence-corrected chi connectivity index (χ4v) is 5.35. The zero-order chi connectivity index (χ0) is 24.1. The van der Waals surface area contributed by atoms with Gasteiger partial charge in [-0.1, -0.05) is 30.0 Å². The molecule has 9 heteroatoms. The number of hydrogen-bond acceptors (Lipinski definition) is 6. The number of carbonyl (C=O) groups excluding carboxylic acids is 2. The van der Waals surface area contributed by atoms with E-state index in [4.69, 9.17) is 4.74 Å². The minimum absolute atomic E-state index is 0.0791. The lowest BCUT2D eigenvalue weighted by molar-refractivity contribution is -0.113. The van der Waals surface area contributed by atoms with E-state index in [1.165, 1.54) is 23.1 Å². The molecule has 1 heterocycles. The number of nitrogens with one attached hydrogen (secondary N) is 3. The fourth-order valence-electron chi connectivity index (χ4n) is 3.45. The summed E-state index contributed by atoms with van der Waals surface area (Å²) in [5.74, 6) is 0.766. The average Bonchev–Trinajstić information content (AvgIpc) is 3.19. The third-order valence-electron chi connectivity index (χ3n) is 4.81. The quantitative estimate of drug-likeness (QED) is 0.263. The predicted octanol–water partition coefficient (Wildman–Crippen LogP) is 6.30. The maximum absolute atomic E-state index is 12.4. The van der Waals surface area contributed by atoms with Crippen LogP contribution in [0.5, 0.6) is 5.75 Å². The second-order valence-electron chi connectivity index (χ2n) is 7.65. The number of para-hydroxylation sites is 2. The zero-order valence-corrected chi connectivity index (χ0v) is 20.6. The lowest BCUT2D eigenvalue weighted by atomic mass is 10.1. The maximum atomic E-state index is 12.4. The van der Waals surface area contributed by atoms with Crippen molar-refractivity contribution in [3.63, 3.8) is 0 Å². The largest absolute Gasteiger partial charge is 0.495 e. The predicted molar refractivity (Wildman–Crippen MR) is 141 cm³/mol. The molecule has 0 saturated heterocycles. The summed E-state index contributed by atoms with van der Waals surface area (Å²) in [4.78, 5) is 29.4. The molecule has 4 aromatic rings. The normalized spacial score (nSPS) is 10.7. The lowest BCUT2D eigenvalue weighted by Gasteiger charge is -2.10. The van der Waals surface area contributed by atoms with Gasteiger partial charge in [0.25, 0.3) is 0 Å².